The van der Waals surface area contributed by atoms with Crippen LogP contribution in [-0.4, -0.2) is 18.1 Å². The van der Waals surface area contributed by atoms with Gasteiger partial charge in [0.25, 0.3) is 0 Å². The summed E-state index contributed by atoms with van der Waals surface area (Å²) in [5, 5.41) is 0. The Morgan fingerprint density at radius 1 is 1.35 bits per heavy atom. The van der Waals surface area contributed by atoms with Gasteiger partial charge >= 0.3 is 5.97 Å². The number of benzene rings is 1. The Hall–Kier alpha value is -1.95. The number of carbonyl (C=O) groups is 1. The minimum absolute atomic E-state index is 0.214. The van der Waals surface area contributed by atoms with E-state index >= 15 is 0 Å². The summed E-state index contributed by atoms with van der Waals surface area (Å²) in [6.07, 6.45) is 1.42. The minimum Gasteiger partial charge on any atom is -0.486 e. The zero-order valence-electron chi connectivity index (χ0n) is 10.6. The van der Waals surface area contributed by atoms with Crippen LogP contribution in [0.25, 0.3) is 0 Å². The van der Waals surface area contributed by atoms with Gasteiger partial charge in [0.15, 0.2) is 0 Å². The van der Waals surface area contributed by atoms with E-state index in [0.717, 1.165) is 0 Å². The molecular weight excluding hydrogens is 329 g/mol. The number of methoxy groups -OCH3 is 1. The van der Waals surface area contributed by atoms with E-state index in [-0.39, 0.29) is 12.4 Å². The fourth-order valence-electron chi connectivity index (χ4n) is 1.49. The summed E-state index contributed by atoms with van der Waals surface area (Å²) in [6, 6.07) is 7.44. The highest BCUT2D eigenvalue weighted by atomic mass is 79.9. The lowest BCUT2D eigenvalue weighted by atomic mass is 10.2. The zero-order chi connectivity index (χ0) is 14.5. The molecule has 0 spiro atoms. The Morgan fingerprint density at radius 2 is 2.15 bits per heavy atom. The van der Waals surface area contributed by atoms with Gasteiger partial charge in [0, 0.05) is 6.20 Å². The monoisotopic (exact) mass is 339 g/mol. The molecule has 1 heterocycles. The maximum Gasteiger partial charge on any atom is 0.339 e. The maximum atomic E-state index is 12.9. The molecule has 0 aliphatic heterocycles. The van der Waals surface area contributed by atoms with Crippen molar-refractivity contribution in [1.82, 2.24) is 4.98 Å². The number of ether oxygens (including phenoxy) is 2. The highest BCUT2D eigenvalue weighted by Gasteiger charge is 2.07. The molecule has 0 N–H and O–H groups in total. The number of pyridine rings is 1. The molecule has 0 atom stereocenters. The Bertz CT molecular complexity index is 616. The Kier molecular flexibility index (Phi) is 4.68. The van der Waals surface area contributed by atoms with Gasteiger partial charge in [-0.3, -0.25) is 4.98 Å². The first kappa shape index (κ1) is 14.5. The molecule has 0 aliphatic rings. The van der Waals surface area contributed by atoms with Crippen molar-refractivity contribution < 1.29 is 18.7 Å². The van der Waals surface area contributed by atoms with Crippen LogP contribution >= 0.6 is 15.9 Å². The van der Waals surface area contributed by atoms with E-state index in [0.29, 0.717) is 21.5 Å². The zero-order valence-corrected chi connectivity index (χ0v) is 12.2. The summed E-state index contributed by atoms with van der Waals surface area (Å²) >= 11 is 3.21. The molecule has 20 heavy (non-hydrogen) atoms. The van der Waals surface area contributed by atoms with Crippen LogP contribution in [-0.2, 0) is 11.3 Å². The summed E-state index contributed by atoms with van der Waals surface area (Å²) in [7, 11) is 1.31. The number of hydrogen-bond acceptors (Lipinski definition) is 4. The number of rotatable bonds is 4. The third-order valence-corrected chi connectivity index (χ3v) is 3.14. The fraction of sp³-hybridized carbons (Fsp3) is 0.143. The molecule has 0 amide bonds. The highest BCUT2D eigenvalue weighted by molar-refractivity contribution is 9.10. The summed E-state index contributed by atoms with van der Waals surface area (Å²) in [5.74, 6) is -0.263. The van der Waals surface area contributed by atoms with Gasteiger partial charge in [-0.15, -0.1) is 0 Å². The Labute approximate surface area is 123 Å². The molecule has 0 saturated carbocycles. The van der Waals surface area contributed by atoms with Gasteiger partial charge < -0.3 is 9.47 Å². The highest BCUT2D eigenvalue weighted by Crippen LogP contribution is 2.26. The van der Waals surface area contributed by atoms with E-state index in [1.165, 1.54) is 31.5 Å². The second kappa shape index (κ2) is 6.47. The molecule has 0 aliphatic carbocycles. The summed E-state index contributed by atoms with van der Waals surface area (Å²) in [5.41, 5.74) is 1.02. The van der Waals surface area contributed by atoms with Crippen molar-refractivity contribution in [2.45, 2.75) is 6.61 Å². The molecule has 2 aromatic rings. The second-order valence-electron chi connectivity index (χ2n) is 3.89. The van der Waals surface area contributed by atoms with Crippen molar-refractivity contribution in [3.05, 3.63) is 58.1 Å². The van der Waals surface area contributed by atoms with Gasteiger partial charge in [-0.2, -0.15) is 0 Å². The first-order valence-corrected chi connectivity index (χ1v) is 6.50. The van der Waals surface area contributed by atoms with Crippen LogP contribution in [0.15, 0.2) is 41.0 Å². The normalized spacial score (nSPS) is 10.2. The quantitative estimate of drug-likeness (QED) is 0.801. The van der Waals surface area contributed by atoms with Crippen molar-refractivity contribution >= 4 is 21.9 Å². The largest absolute Gasteiger partial charge is 0.486 e. The predicted molar refractivity (Wildman–Crippen MR) is 74.0 cm³/mol. The predicted octanol–water partition coefficient (Wildman–Crippen LogP) is 3.35. The van der Waals surface area contributed by atoms with Crippen molar-refractivity contribution in [1.29, 1.82) is 0 Å². The van der Waals surface area contributed by atoms with E-state index < -0.39 is 5.97 Å². The fourth-order valence-corrected chi connectivity index (χ4v) is 1.96. The number of halogens is 2. The Balaban J connectivity index is 2.02. The van der Waals surface area contributed by atoms with Gasteiger partial charge in [0.1, 0.15) is 18.2 Å². The van der Waals surface area contributed by atoms with Gasteiger partial charge in [-0.1, -0.05) is 0 Å². The number of nitrogens with zero attached hydrogens (tertiary/aromatic N) is 1. The molecule has 104 valence electrons. The van der Waals surface area contributed by atoms with Crippen molar-refractivity contribution in [3.8, 4) is 5.75 Å². The van der Waals surface area contributed by atoms with E-state index in [2.05, 4.69) is 25.7 Å². The van der Waals surface area contributed by atoms with Crippen LogP contribution in [0.2, 0.25) is 0 Å². The SMILES string of the molecule is COC(=O)c1ccc(COc2ccc(F)cc2Br)nc1. The smallest absolute Gasteiger partial charge is 0.339 e. The molecule has 0 saturated heterocycles. The number of aromatic nitrogens is 1. The van der Waals surface area contributed by atoms with Crippen LogP contribution in [0.4, 0.5) is 4.39 Å². The average molecular weight is 340 g/mol. The maximum absolute atomic E-state index is 12.9. The number of esters is 1. The van der Waals surface area contributed by atoms with E-state index in [1.54, 1.807) is 12.1 Å². The van der Waals surface area contributed by atoms with E-state index in [1.807, 2.05) is 0 Å². The molecule has 4 nitrogen and oxygen atoms in total. The van der Waals surface area contributed by atoms with E-state index in [4.69, 9.17) is 4.74 Å². The first-order chi connectivity index (χ1) is 9.60. The molecule has 0 unspecified atom stereocenters. The average Bonchev–Trinajstić information content (AvgIpc) is 2.46. The lowest BCUT2D eigenvalue weighted by Crippen LogP contribution is -2.04. The Morgan fingerprint density at radius 3 is 2.75 bits per heavy atom. The molecule has 0 radical (unpaired) electrons. The summed E-state index contributed by atoms with van der Waals surface area (Å²) < 4.78 is 23.5. The van der Waals surface area contributed by atoms with Crippen LogP contribution < -0.4 is 4.74 Å². The molecule has 2 rings (SSSR count). The van der Waals surface area contributed by atoms with Crippen LogP contribution in [0.3, 0.4) is 0 Å². The lowest BCUT2D eigenvalue weighted by Gasteiger charge is -2.08. The minimum atomic E-state index is -0.439. The van der Waals surface area contributed by atoms with Crippen LogP contribution in [0.1, 0.15) is 16.1 Å². The first-order valence-electron chi connectivity index (χ1n) is 5.71. The van der Waals surface area contributed by atoms with Crippen molar-refractivity contribution in [3.63, 3.8) is 0 Å². The molecule has 1 aromatic carbocycles. The molecule has 0 fully saturated rings. The number of carbonyl (C=O) groups excluding carboxylic acids is 1. The topological polar surface area (TPSA) is 48.4 Å². The molecular formula is C14H11BrFNO3. The van der Waals surface area contributed by atoms with Crippen LogP contribution in [0.5, 0.6) is 5.75 Å². The number of hydrogen-bond donors (Lipinski definition) is 0. The second-order valence-corrected chi connectivity index (χ2v) is 4.75. The van der Waals surface area contributed by atoms with Gasteiger partial charge in [-0.25, -0.2) is 9.18 Å². The molecule has 1 aromatic heterocycles. The summed E-state index contributed by atoms with van der Waals surface area (Å²) in [6.45, 7) is 0.214. The molecule has 6 heteroatoms. The lowest BCUT2D eigenvalue weighted by molar-refractivity contribution is 0.0600. The third kappa shape index (κ3) is 3.54. The van der Waals surface area contributed by atoms with Gasteiger partial charge in [-0.05, 0) is 46.3 Å². The van der Waals surface area contributed by atoms with Crippen molar-refractivity contribution in [2.24, 2.45) is 0 Å². The summed E-state index contributed by atoms with van der Waals surface area (Å²) in [4.78, 5) is 15.3. The third-order valence-electron chi connectivity index (χ3n) is 2.52. The van der Waals surface area contributed by atoms with Gasteiger partial charge in [0.05, 0.1) is 22.8 Å². The van der Waals surface area contributed by atoms with Gasteiger partial charge in [0.2, 0.25) is 0 Å². The standard InChI is InChI=1S/C14H11BrFNO3/c1-19-14(18)9-2-4-11(17-7-9)8-20-13-5-3-10(16)6-12(13)15/h2-7H,8H2,1H3. The van der Waals surface area contributed by atoms with Crippen molar-refractivity contribution in [2.75, 3.05) is 7.11 Å². The molecule has 0 bridgehead atoms. The van der Waals surface area contributed by atoms with E-state index in [9.17, 15) is 9.18 Å². The van der Waals surface area contributed by atoms with Crippen LogP contribution in [0, 0.1) is 5.82 Å².